The van der Waals surface area contributed by atoms with E-state index in [-0.39, 0.29) is 6.10 Å². The maximum Gasteiger partial charge on any atom is 0.330 e. The summed E-state index contributed by atoms with van der Waals surface area (Å²) in [6.45, 7) is 2.28. The maximum absolute atomic E-state index is 12.0. The molecule has 0 saturated heterocycles. The average Bonchev–Trinajstić information content (AvgIpc) is 2.74. The minimum Gasteiger partial charge on any atom is -0.494 e. The van der Waals surface area contributed by atoms with Crippen molar-refractivity contribution in [1.29, 1.82) is 5.26 Å². The van der Waals surface area contributed by atoms with Gasteiger partial charge in [0.2, 0.25) is 0 Å². The Morgan fingerprint density at radius 2 is 1.90 bits per heavy atom. The molecule has 0 heterocycles. The van der Waals surface area contributed by atoms with Crippen LogP contribution in [0, 0.1) is 11.3 Å². The van der Waals surface area contributed by atoms with E-state index in [1.54, 1.807) is 42.5 Å². The van der Waals surface area contributed by atoms with Crippen molar-refractivity contribution in [3.8, 4) is 17.6 Å². The second-order valence-corrected chi connectivity index (χ2v) is 7.28. The summed E-state index contributed by atoms with van der Waals surface area (Å²) in [5, 5.41) is 32.0. The number of hydrogen-bond donors (Lipinski definition) is 3. The van der Waals surface area contributed by atoms with Gasteiger partial charge in [0.1, 0.15) is 17.6 Å². The Balaban J connectivity index is 1.88. The van der Waals surface area contributed by atoms with Gasteiger partial charge in [-0.05, 0) is 68.1 Å². The van der Waals surface area contributed by atoms with E-state index in [0.717, 1.165) is 19.3 Å². The number of carbonyl (C=O) groups is 1. The van der Waals surface area contributed by atoms with Crippen LogP contribution in [-0.4, -0.2) is 35.0 Å². The monoisotopic (exact) mass is 410 g/mol. The molecule has 0 aliphatic heterocycles. The highest BCUT2D eigenvalue weighted by atomic mass is 16.5. The third-order valence-electron chi connectivity index (χ3n) is 5.07. The number of hydrogen-bond acceptors (Lipinski definition) is 6. The molecule has 0 spiro atoms. The first-order valence-corrected chi connectivity index (χ1v) is 10.1. The highest BCUT2D eigenvalue weighted by molar-refractivity contribution is 5.79. The van der Waals surface area contributed by atoms with E-state index < -0.39 is 18.1 Å². The number of benzene rings is 2. The third kappa shape index (κ3) is 5.43. The maximum atomic E-state index is 12.0. The molecule has 158 valence electrons. The first-order valence-electron chi connectivity index (χ1n) is 10.1. The van der Waals surface area contributed by atoms with Gasteiger partial charge in [-0.2, -0.15) is 5.26 Å². The third-order valence-corrected chi connectivity index (χ3v) is 5.07. The first kappa shape index (κ1) is 21.5. The number of aliphatic hydroxyl groups excluding tert-OH is 1. The summed E-state index contributed by atoms with van der Waals surface area (Å²) in [5.74, 6) is -0.0883. The summed E-state index contributed by atoms with van der Waals surface area (Å²) in [7, 11) is 0. The van der Waals surface area contributed by atoms with Gasteiger partial charge in [0.15, 0.2) is 6.04 Å². The van der Waals surface area contributed by atoms with Crippen molar-refractivity contribution in [2.24, 2.45) is 0 Å². The highest BCUT2D eigenvalue weighted by Gasteiger charge is 2.26. The van der Waals surface area contributed by atoms with Crippen LogP contribution in [0.4, 0.5) is 5.69 Å². The normalized spacial score (nSPS) is 19.4. The fourth-order valence-electron chi connectivity index (χ4n) is 3.56. The van der Waals surface area contributed by atoms with Crippen molar-refractivity contribution in [3.05, 3.63) is 53.6 Å². The molecule has 1 aliphatic rings. The number of rotatable bonds is 8. The lowest BCUT2D eigenvalue weighted by Gasteiger charge is -2.28. The summed E-state index contributed by atoms with van der Waals surface area (Å²) in [6.07, 6.45) is 2.55. The largest absolute Gasteiger partial charge is 0.494 e. The molecule has 3 atom stereocenters. The zero-order valence-electron chi connectivity index (χ0n) is 16.9. The van der Waals surface area contributed by atoms with Crippen molar-refractivity contribution in [3.63, 3.8) is 0 Å². The Kier molecular flexibility index (Phi) is 7.15. The molecule has 2 aromatic carbocycles. The number of nitrogens with one attached hydrogen (secondary N) is 1. The van der Waals surface area contributed by atoms with Gasteiger partial charge < -0.3 is 25.0 Å². The molecule has 3 N–H and O–H groups in total. The van der Waals surface area contributed by atoms with E-state index in [4.69, 9.17) is 14.7 Å². The predicted molar refractivity (Wildman–Crippen MR) is 112 cm³/mol. The van der Waals surface area contributed by atoms with Crippen LogP contribution in [-0.2, 0) is 4.79 Å². The molecule has 3 rings (SSSR count). The summed E-state index contributed by atoms with van der Waals surface area (Å²) in [6, 6.07) is 12.6. The minimum absolute atomic E-state index is 0.321. The summed E-state index contributed by atoms with van der Waals surface area (Å²) in [5.41, 5.74) is 1.54. The predicted octanol–water partition coefficient (Wildman–Crippen LogP) is 3.88. The second kappa shape index (κ2) is 9.99. The topological polar surface area (TPSA) is 112 Å². The van der Waals surface area contributed by atoms with Gasteiger partial charge in [0.25, 0.3) is 0 Å². The van der Waals surface area contributed by atoms with Crippen molar-refractivity contribution >= 4 is 11.7 Å². The number of nitrogens with zero attached hydrogens (tertiary/aromatic N) is 1. The van der Waals surface area contributed by atoms with Crippen molar-refractivity contribution in [2.45, 2.75) is 50.9 Å². The standard InChI is InChI=1S/C23H26N2O5/c1-2-29-18-11-16(12-19(13-18)30-21-6-4-3-5-20(21)26)22(23(27)28)25-17-9-7-15(14-24)8-10-17/h7-13,20-22,25-26H,2-6H2,1H3,(H,27,28). The average molecular weight is 410 g/mol. The fraction of sp³-hybridized carbons (Fsp3) is 0.391. The van der Waals surface area contributed by atoms with E-state index in [1.807, 2.05) is 13.0 Å². The van der Waals surface area contributed by atoms with E-state index in [0.29, 0.717) is 41.3 Å². The van der Waals surface area contributed by atoms with Crippen LogP contribution in [0.15, 0.2) is 42.5 Å². The molecule has 0 bridgehead atoms. The smallest absolute Gasteiger partial charge is 0.330 e. The number of ether oxygens (including phenoxy) is 2. The lowest BCUT2D eigenvalue weighted by atomic mass is 9.95. The van der Waals surface area contributed by atoms with Crippen LogP contribution in [0.25, 0.3) is 0 Å². The van der Waals surface area contributed by atoms with Gasteiger partial charge in [-0.1, -0.05) is 6.42 Å². The number of nitriles is 1. The molecule has 0 aromatic heterocycles. The van der Waals surface area contributed by atoms with Crippen LogP contribution in [0.3, 0.4) is 0 Å². The number of carboxylic acid groups (broad SMARTS) is 1. The highest BCUT2D eigenvalue weighted by Crippen LogP contribution is 2.32. The zero-order chi connectivity index (χ0) is 21.5. The van der Waals surface area contributed by atoms with Gasteiger partial charge >= 0.3 is 5.97 Å². The quantitative estimate of drug-likeness (QED) is 0.605. The van der Waals surface area contributed by atoms with Crippen molar-refractivity contribution < 1.29 is 24.5 Å². The zero-order valence-corrected chi connectivity index (χ0v) is 16.9. The molecule has 1 saturated carbocycles. The second-order valence-electron chi connectivity index (χ2n) is 7.28. The summed E-state index contributed by atoms with van der Waals surface area (Å²) < 4.78 is 11.6. The Labute approximate surface area is 175 Å². The van der Waals surface area contributed by atoms with Crippen LogP contribution in [0.1, 0.15) is 49.8 Å². The molecular weight excluding hydrogens is 384 g/mol. The summed E-state index contributed by atoms with van der Waals surface area (Å²) >= 11 is 0. The van der Waals surface area contributed by atoms with Crippen LogP contribution >= 0.6 is 0 Å². The number of carboxylic acids is 1. The van der Waals surface area contributed by atoms with Gasteiger partial charge in [-0.3, -0.25) is 0 Å². The number of aliphatic carboxylic acids is 1. The summed E-state index contributed by atoms with van der Waals surface area (Å²) in [4.78, 5) is 12.0. The van der Waals surface area contributed by atoms with E-state index >= 15 is 0 Å². The van der Waals surface area contributed by atoms with Gasteiger partial charge in [-0.25, -0.2) is 4.79 Å². The Morgan fingerprint density at radius 3 is 2.53 bits per heavy atom. The number of anilines is 1. The van der Waals surface area contributed by atoms with Gasteiger partial charge in [0.05, 0.1) is 24.3 Å². The molecule has 1 aliphatic carbocycles. The van der Waals surface area contributed by atoms with Crippen LogP contribution in [0.2, 0.25) is 0 Å². The molecule has 1 fully saturated rings. The molecule has 7 nitrogen and oxygen atoms in total. The molecule has 30 heavy (non-hydrogen) atoms. The van der Waals surface area contributed by atoms with Crippen LogP contribution in [0.5, 0.6) is 11.5 Å². The molecule has 3 unspecified atom stereocenters. The first-order chi connectivity index (χ1) is 14.5. The van der Waals surface area contributed by atoms with E-state index in [2.05, 4.69) is 5.32 Å². The van der Waals surface area contributed by atoms with E-state index in [9.17, 15) is 15.0 Å². The minimum atomic E-state index is -1.06. The fourth-order valence-corrected chi connectivity index (χ4v) is 3.56. The Morgan fingerprint density at radius 1 is 1.20 bits per heavy atom. The molecule has 0 amide bonds. The lowest BCUT2D eigenvalue weighted by Crippen LogP contribution is -2.34. The lowest BCUT2D eigenvalue weighted by molar-refractivity contribution is -0.138. The molecule has 7 heteroatoms. The number of aliphatic hydroxyl groups is 1. The molecule has 2 aromatic rings. The SMILES string of the molecule is CCOc1cc(OC2CCCCC2O)cc(C(Nc2ccc(C#N)cc2)C(=O)O)c1. The van der Waals surface area contributed by atoms with Crippen LogP contribution < -0.4 is 14.8 Å². The van der Waals surface area contributed by atoms with Crippen molar-refractivity contribution in [1.82, 2.24) is 0 Å². The van der Waals surface area contributed by atoms with E-state index in [1.165, 1.54) is 0 Å². The Bertz CT molecular complexity index is 907. The van der Waals surface area contributed by atoms with Gasteiger partial charge in [0, 0.05) is 11.8 Å². The molecular formula is C23H26N2O5. The molecule has 0 radical (unpaired) electrons. The Hall–Kier alpha value is -3.24. The van der Waals surface area contributed by atoms with Gasteiger partial charge in [-0.15, -0.1) is 0 Å². The van der Waals surface area contributed by atoms with Crippen molar-refractivity contribution in [2.75, 3.05) is 11.9 Å².